The van der Waals surface area contributed by atoms with Crippen LogP contribution in [0.4, 0.5) is 5.82 Å². The predicted molar refractivity (Wildman–Crippen MR) is 67.4 cm³/mol. The van der Waals surface area contributed by atoms with Crippen LogP contribution in [0.5, 0.6) is 0 Å². The molecule has 3 heteroatoms. The molecule has 3 nitrogen and oxygen atoms in total. The largest absolute Gasteiger partial charge is 0.384 e. The van der Waals surface area contributed by atoms with Gasteiger partial charge in [0.1, 0.15) is 5.82 Å². The smallest absolute Gasteiger partial charge is 0.124 e. The standard InChI is InChI=1S/C13H23N3/c1-4-6-11-12(15-16(3)13(11)14)10-8-5-7-9(10)2/h9-10H,4-8,14H2,1-3H3. The second-order valence-electron chi connectivity index (χ2n) is 5.14. The van der Waals surface area contributed by atoms with Gasteiger partial charge in [-0.1, -0.05) is 33.1 Å². The molecular weight excluding hydrogens is 198 g/mol. The van der Waals surface area contributed by atoms with Crippen LogP contribution in [0.15, 0.2) is 0 Å². The van der Waals surface area contributed by atoms with Crippen molar-refractivity contribution in [1.29, 1.82) is 0 Å². The van der Waals surface area contributed by atoms with Crippen molar-refractivity contribution < 1.29 is 0 Å². The van der Waals surface area contributed by atoms with E-state index in [1.165, 1.54) is 30.5 Å². The minimum Gasteiger partial charge on any atom is -0.384 e. The van der Waals surface area contributed by atoms with Crippen LogP contribution < -0.4 is 5.73 Å². The first-order valence-electron chi connectivity index (χ1n) is 6.46. The van der Waals surface area contributed by atoms with Gasteiger partial charge in [-0.15, -0.1) is 0 Å². The van der Waals surface area contributed by atoms with E-state index in [-0.39, 0.29) is 0 Å². The van der Waals surface area contributed by atoms with Crippen LogP contribution in [-0.4, -0.2) is 9.78 Å². The monoisotopic (exact) mass is 221 g/mol. The Morgan fingerprint density at radius 3 is 2.75 bits per heavy atom. The van der Waals surface area contributed by atoms with E-state index < -0.39 is 0 Å². The lowest BCUT2D eigenvalue weighted by molar-refractivity contribution is 0.512. The van der Waals surface area contributed by atoms with E-state index in [0.29, 0.717) is 5.92 Å². The summed E-state index contributed by atoms with van der Waals surface area (Å²) in [5.41, 5.74) is 8.70. The van der Waals surface area contributed by atoms with Crippen molar-refractivity contribution in [3.63, 3.8) is 0 Å². The number of nitrogen functional groups attached to an aromatic ring is 1. The minimum absolute atomic E-state index is 0.644. The summed E-state index contributed by atoms with van der Waals surface area (Å²) in [6.45, 7) is 4.55. The summed E-state index contributed by atoms with van der Waals surface area (Å²) in [5, 5.41) is 4.65. The van der Waals surface area contributed by atoms with Gasteiger partial charge < -0.3 is 5.73 Å². The summed E-state index contributed by atoms with van der Waals surface area (Å²) in [4.78, 5) is 0. The maximum absolute atomic E-state index is 6.10. The van der Waals surface area contributed by atoms with Crippen molar-refractivity contribution in [3.05, 3.63) is 11.3 Å². The Bertz CT molecular complexity index is 367. The molecule has 1 saturated carbocycles. The quantitative estimate of drug-likeness (QED) is 0.853. The van der Waals surface area contributed by atoms with Gasteiger partial charge in [0.05, 0.1) is 5.69 Å². The second-order valence-corrected chi connectivity index (χ2v) is 5.14. The first-order chi connectivity index (χ1) is 7.65. The lowest BCUT2D eigenvalue weighted by Gasteiger charge is -2.14. The summed E-state index contributed by atoms with van der Waals surface area (Å²) in [7, 11) is 1.96. The third-order valence-corrected chi connectivity index (χ3v) is 3.94. The normalized spacial score (nSPS) is 25.2. The molecule has 2 unspecified atom stereocenters. The van der Waals surface area contributed by atoms with Crippen LogP contribution >= 0.6 is 0 Å². The van der Waals surface area contributed by atoms with Crippen LogP contribution in [0.2, 0.25) is 0 Å². The average Bonchev–Trinajstić information content (AvgIpc) is 2.77. The Morgan fingerprint density at radius 2 is 2.19 bits per heavy atom. The van der Waals surface area contributed by atoms with Gasteiger partial charge in [0.2, 0.25) is 0 Å². The molecule has 1 aliphatic rings. The Morgan fingerprint density at radius 1 is 1.44 bits per heavy atom. The fraction of sp³-hybridized carbons (Fsp3) is 0.769. The minimum atomic E-state index is 0.644. The van der Waals surface area contributed by atoms with Crippen LogP contribution in [0, 0.1) is 5.92 Å². The predicted octanol–water partition coefficient (Wildman–Crippen LogP) is 2.86. The van der Waals surface area contributed by atoms with Gasteiger partial charge in [-0.05, 0) is 18.8 Å². The van der Waals surface area contributed by atoms with Crippen molar-refractivity contribution in [2.24, 2.45) is 13.0 Å². The van der Waals surface area contributed by atoms with Crippen molar-refractivity contribution in [2.45, 2.75) is 51.9 Å². The molecule has 90 valence electrons. The molecule has 0 saturated heterocycles. The maximum atomic E-state index is 6.10. The molecule has 16 heavy (non-hydrogen) atoms. The molecule has 0 amide bonds. The van der Waals surface area contributed by atoms with Crippen molar-refractivity contribution in [3.8, 4) is 0 Å². The Kier molecular flexibility index (Phi) is 3.22. The Hall–Kier alpha value is -0.990. The molecule has 1 heterocycles. The molecule has 1 aliphatic carbocycles. The van der Waals surface area contributed by atoms with Gasteiger partial charge in [0.25, 0.3) is 0 Å². The highest BCUT2D eigenvalue weighted by Gasteiger charge is 2.30. The lowest BCUT2D eigenvalue weighted by Crippen LogP contribution is -2.06. The highest BCUT2D eigenvalue weighted by atomic mass is 15.3. The molecule has 0 bridgehead atoms. The number of aryl methyl sites for hydroxylation is 1. The molecule has 2 atom stereocenters. The highest BCUT2D eigenvalue weighted by molar-refractivity contribution is 5.45. The topological polar surface area (TPSA) is 43.8 Å². The number of aromatic nitrogens is 2. The van der Waals surface area contributed by atoms with E-state index in [1.807, 2.05) is 11.7 Å². The summed E-state index contributed by atoms with van der Waals surface area (Å²) in [6, 6.07) is 0. The second kappa shape index (κ2) is 4.48. The van der Waals surface area contributed by atoms with Crippen LogP contribution in [0.1, 0.15) is 56.7 Å². The maximum Gasteiger partial charge on any atom is 0.124 e. The third kappa shape index (κ3) is 1.83. The zero-order valence-corrected chi connectivity index (χ0v) is 10.7. The van der Waals surface area contributed by atoms with E-state index in [4.69, 9.17) is 5.73 Å². The molecule has 1 aromatic rings. The van der Waals surface area contributed by atoms with Crippen LogP contribution in [0.25, 0.3) is 0 Å². The van der Waals surface area contributed by atoms with E-state index >= 15 is 0 Å². The van der Waals surface area contributed by atoms with Crippen molar-refractivity contribution in [1.82, 2.24) is 9.78 Å². The highest BCUT2D eigenvalue weighted by Crippen LogP contribution is 2.41. The van der Waals surface area contributed by atoms with Gasteiger partial charge in [-0.3, -0.25) is 4.68 Å². The Labute approximate surface area is 98.0 Å². The molecule has 0 aliphatic heterocycles. The molecule has 2 N–H and O–H groups in total. The molecular formula is C13H23N3. The molecule has 1 fully saturated rings. The van der Waals surface area contributed by atoms with Crippen molar-refractivity contribution in [2.75, 3.05) is 5.73 Å². The molecule has 2 rings (SSSR count). The molecule has 0 aromatic carbocycles. The van der Waals surface area contributed by atoms with Crippen LogP contribution in [-0.2, 0) is 13.5 Å². The van der Waals surface area contributed by atoms with Crippen molar-refractivity contribution >= 4 is 5.82 Å². The number of anilines is 1. The fourth-order valence-corrected chi connectivity index (χ4v) is 2.96. The summed E-state index contributed by atoms with van der Waals surface area (Å²) < 4.78 is 1.85. The van der Waals surface area contributed by atoms with Gasteiger partial charge >= 0.3 is 0 Å². The van der Waals surface area contributed by atoms with Gasteiger partial charge in [-0.25, -0.2) is 0 Å². The molecule has 0 radical (unpaired) electrons. The first kappa shape index (κ1) is 11.5. The van der Waals surface area contributed by atoms with Gasteiger partial charge in [0.15, 0.2) is 0 Å². The van der Waals surface area contributed by atoms with E-state index in [1.54, 1.807) is 0 Å². The zero-order chi connectivity index (χ0) is 11.7. The van der Waals surface area contributed by atoms with Gasteiger partial charge in [-0.2, -0.15) is 5.10 Å². The molecule has 0 spiro atoms. The number of nitrogens with two attached hydrogens (primary N) is 1. The van der Waals surface area contributed by atoms with Crippen LogP contribution in [0.3, 0.4) is 0 Å². The summed E-state index contributed by atoms with van der Waals surface area (Å²) in [6.07, 6.45) is 6.18. The number of hydrogen-bond acceptors (Lipinski definition) is 2. The zero-order valence-electron chi connectivity index (χ0n) is 10.7. The fourth-order valence-electron chi connectivity index (χ4n) is 2.96. The van der Waals surface area contributed by atoms with E-state index in [9.17, 15) is 0 Å². The SMILES string of the molecule is CCCc1c(C2CCCC2C)nn(C)c1N. The summed E-state index contributed by atoms with van der Waals surface area (Å²) in [5.74, 6) is 2.28. The van der Waals surface area contributed by atoms with E-state index in [2.05, 4.69) is 18.9 Å². The first-order valence-corrected chi connectivity index (χ1v) is 6.46. The number of hydrogen-bond donors (Lipinski definition) is 1. The summed E-state index contributed by atoms with van der Waals surface area (Å²) >= 11 is 0. The molecule has 1 aromatic heterocycles. The van der Waals surface area contributed by atoms with Gasteiger partial charge in [0, 0.05) is 18.5 Å². The third-order valence-electron chi connectivity index (χ3n) is 3.94. The lowest BCUT2D eigenvalue weighted by atomic mass is 9.91. The average molecular weight is 221 g/mol. The number of nitrogens with zero attached hydrogens (tertiary/aromatic N) is 2. The number of rotatable bonds is 3. The Balaban J connectivity index is 2.35. The van der Waals surface area contributed by atoms with E-state index in [0.717, 1.165) is 24.6 Å².